The zero-order valence-electron chi connectivity index (χ0n) is 11.8. The second-order valence-corrected chi connectivity index (χ2v) is 10.5. The van der Waals surface area contributed by atoms with E-state index in [0.717, 1.165) is 27.4 Å². The molecular weight excluding hydrogens is 544 g/mol. The van der Waals surface area contributed by atoms with Crippen LogP contribution in [0.2, 0.25) is 0 Å². The molecular formula is C16H14Br4O2. The van der Waals surface area contributed by atoms with Crippen LogP contribution < -0.4 is 4.74 Å². The summed E-state index contributed by atoms with van der Waals surface area (Å²) in [6, 6.07) is 7.54. The fraction of sp³-hybridized carbons (Fsp3) is 0.438. The Bertz CT molecular complexity index is 655. The molecule has 6 heteroatoms. The molecule has 0 spiro atoms. The highest BCUT2D eigenvalue weighted by Crippen LogP contribution is 2.68. The van der Waals surface area contributed by atoms with Gasteiger partial charge >= 0.3 is 5.97 Å². The molecule has 0 aromatic heterocycles. The molecule has 0 heterocycles. The van der Waals surface area contributed by atoms with E-state index in [1.165, 1.54) is 0 Å². The average molecular weight is 558 g/mol. The number of ether oxygens (including phenoxy) is 1. The number of rotatable bonds is 3. The van der Waals surface area contributed by atoms with Crippen LogP contribution in [0.5, 0.6) is 5.75 Å². The van der Waals surface area contributed by atoms with E-state index < -0.39 is 0 Å². The Hall–Kier alpha value is 0.350. The molecule has 0 saturated heterocycles. The maximum atomic E-state index is 12.3. The third kappa shape index (κ3) is 2.89. The molecule has 0 radical (unpaired) electrons. The molecule has 0 N–H and O–H groups in total. The highest BCUT2D eigenvalue weighted by atomic mass is 79.9. The number of halogens is 4. The first kappa shape index (κ1) is 17.2. The van der Waals surface area contributed by atoms with Crippen LogP contribution in [0.4, 0.5) is 0 Å². The van der Waals surface area contributed by atoms with E-state index in [9.17, 15) is 4.79 Å². The zero-order valence-corrected chi connectivity index (χ0v) is 18.2. The minimum Gasteiger partial charge on any atom is -0.427 e. The van der Waals surface area contributed by atoms with Crippen molar-refractivity contribution in [3.63, 3.8) is 0 Å². The maximum absolute atomic E-state index is 12.3. The van der Waals surface area contributed by atoms with Gasteiger partial charge in [0.05, 0.1) is 15.1 Å². The number of hydrogen-bond donors (Lipinski definition) is 0. The molecule has 0 unspecified atom stereocenters. The molecule has 1 aromatic rings. The van der Waals surface area contributed by atoms with Crippen LogP contribution in [-0.2, 0) is 4.79 Å². The Morgan fingerprint density at radius 1 is 1.23 bits per heavy atom. The molecule has 1 fully saturated rings. The Balaban J connectivity index is 1.70. The molecule has 2 aliphatic carbocycles. The van der Waals surface area contributed by atoms with E-state index in [1.807, 2.05) is 31.2 Å². The van der Waals surface area contributed by atoms with Gasteiger partial charge in [0.2, 0.25) is 0 Å². The van der Waals surface area contributed by atoms with Crippen molar-refractivity contribution >= 4 is 69.7 Å². The van der Waals surface area contributed by atoms with Gasteiger partial charge in [-0.2, -0.15) is 0 Å². The molecule has 2 bridgehead atoms. The zero-order chi connectivity index (χ0) is 16.1. The Morgan fingerprint density at radius 2 is 1.86 bits per heavy atom. The topological polar surface area (TPSA) is 26.3 Å². The summed E-state index contributed by atoms with van der Waals surface area (Å²) >= 11 is 15.0. The number of alkyl halides is 2. The van der Waals surface area contributed by atoms with E-state index in [2.05, 4.69) is 63.7 Å². The van der Waals surface area contributed by atoms with Gasteiger partial charge in [-0.1, -0.05) is 81.4 Å². The van der Waals surface area contributed by atoms with Crippen LogP contribution >= 0.6 is 63.7 Å². The van der Waals surface area contributed by atoms with Gasteiger partial charge < -0.3 is 4.74 Å². The number of fused-ring (bicyclic) bond motifs is 2. The van der Waals surface area contributed by atoms with Crippen molar-refractivity contribution in [2.45, 2.75) is 34.8 Å². The number of aryl methyl sites for hydroxylation is 1. The van der Waals surface area contributed by atoms with Gasteiger partial charge in [0.15, 0.2) is 0 Å². The second kappa shape index (κ2) is 6.01. The highest BCUT2D eigenvalue weighted by molar-refractivity contribution is 9.16. The van der Waals surface area contributed by atoms with E-state index in [1.54, 1.807) is 0 Å². The number of carbonyl (C=O) groups excluding carboxylic acids is 1. The van der Waals surface area contributed by atoms with Crippen LogP contribution in [0, 0.1) is 12.8 Å². The Labute approximate surface area is 163 Å². The molecule has 3 atom stereocenters. The lowest BCUT2D eigenvalue weighted by Gasteiger charge is -2.30. The third-order valence-corrected chi connectivity index (χ3v) is 10.6. The van der Waals surface area contributed by atoms with Crippen molar-refractivity contribution in [3.8, 4) is 5.75 Å². The second-order valence-electron chi connectivity index (χ2n) is 6.02. The average Bonchev–Trinajstić information content (AvgIpc) is 2.80. The van der Waals surface area contributed by atoms with Gasteiger partial charge in [-0.25, -0.2) is 0 Å². The number of carbonyl (C=O) groups is 1. The SMILES string of the molecule is Cc1ccc(OC(=O)C[C@@H]2C[C@@]3(Br)C[C@]2(Br)C(Br)=C3Br)cc1. The van der Waals surface area contributed by atoms with Crippen molar-refractivity contribution in [2.75, 3.05) is 0 Å². The van der Waals surface area contributed by atoms with Crippen molar-refractivity contribution in [2.24, 2.45) is 5.92 Å². The molecule has 2 nitrogen and oxygen atoms in total. The smallest absolute Gasteiger partial charge is 0.311 e. The van der Waals surface area contributed by atoms with Gasteiger partial charge in [0.1, 0.15) is 5.75 Å². The minimum atomic E-state index is -0.193. The lowest BCUT2D eigenvalue weighted by molar-refractivity contribution is -0.135. The summed E-state index contributed by atoms with van der Waals surface area (Å²) in [7, 11) is 0. The quantitative estimate of drug-likeness (QED) is 0.260. The van der Waals surface area contributed by atoms with Crippen LogP contribution in [0.1, 0.15) is 24.8 Å². The van der Waals surface area contributed by atoms with E-state index in [4.69, 9.17) is 4.74 Å². The summed E-state index contributed by atoms with van der Waals surface area (Å²) in [4.78, 5) is 12.3. The lowest BCUT2D eigenvalue weighted by atomic mass is 9.90. The minimum absolute atomic E-state index is 0.0792. The molecule has 0 amide bonds. The molecule has 0 aliphatic heterocycles. The monoisotopic (exact) mass is 554 g/mol. The summed E-state index contributed by atoms with van der Waals surface area (Å²) in [6.07, 6.45) is 2.21. The fourth-order valence-corrected chi connectivity index (χ4v) is 7.63. The molecule has 22 heavy (non-hydrogen) atoms. The first-order valence-electron chi connectivity index (χ1n) is 6.96. The van der Waals surface area contributed by atoms with E-state index >= 15 is 0 Å². The molecule has 118 valence electrons. The summed E-state index contributed by atoms with van der Waals surface area (Å²) < 4.78 is 7.42. The Kier molecular flexibility index (Phi) is 4.70. The van der Waals surface area contributed by atoms with Crippen molar-refractivity contribution in [1.29, 1.82) is 0 Å². The molecule has 3 rings (SSSR count). The number of esters is 1. The Morgan fingerprint density at radius 3 is 2.41 bits per heavy atom. The first-order valence-corrected chi connectivity index (χ1v) is 10.1. The maximum Gasteiger partial charge on any atom is 0.311 e. The summed E-state index contributed by atoms with van der Waals surface area (Å²) in [5.74, 6) is 0.611. The largest absolute Gasteiger partial charge is 0.427 e. The lowest BCUT2D eigenvalue weighted by Crippen LogP contribution is -2.30. The number of hydrogen-bond acceptors (Lipinski definition) is 2. The van der Waals surface area contributed by atoms with Gasteiger partial charge in [0, 0.05) is 8.96 Å². The summed E-state index contributed by atoms with van der Waals surface area (Å²) in [5.41, 5.74) is 1.15. The van der Waals surface area contributed by atoms with Gasteiger partial charge in [-0.05, 0) is 37.8 Å². The third-order valence-electron chi connectivity index (χ3n) is 4.37. The summed E-state index contributed by atoms with van der Waals surface area (Å²) in [5, 5.41) is 0. The van der Waals surface area contributed by atoms with Gasteiger partial charge in [0.25, 0.3) is 0 Å². The highest BCUT2D eigenvalue weighted by Gasteiger charge is 2.61. The molecule has 1 aromatic carbocycles. The van der Waals surface area contributed by atoms with Crippen molar-refractivity contribution in [3.05, 3.63) is 38.8 Å². The van der Waals surface area contributed by atoms with E-state index in [0.29, 0.717) is 12.2 Å². The number of benzene rings is 1. The van der Waals surface area contributed by atoms with Gasteiger partial charge in [-0.15, -0.1) is 0 Å². The first-order chi connectivity index (χ1) is 10.2. The van der Waals surface area contributed by atoms with E-state index in [-0.39, 0.29) is 20.5 Å². The molecule has 1 saturated carbocycles. The normalized spacial score (nSPS) is 33.4. The van der Waals surface area contributed by atoms with Crippen LogP contribution in [0.15, 0.2) is 33.2 Å². The fourth-order valence-electron chi connectivity index (χ4n) is 3.19. The summed E-state index contributed by atoms with van der Waals surface area (Å²) in [6.45, 7) is 2.01. The van der Waals surface area contributed by atoms with Crippen LogP contribution in [0.3, 0.4) is 0 Å². The van der Waals surface area contributed by atoms with Crippen LogP contribution in [0.25, 0.3) is 0 Å². The standard InChI is InChI=1S/C16H14Br4O2/c1-9-2-4-11(5-3-9)22-12(21)6-10-7-15(19)8-16(10,20)14(18)13(15)17/h2-5,10H,6-8H2,1H3/t10-,15-,16-/m1/s1. The van der Waals surface area contributed by atoms with Gasteiger partial charge in [-0.3, -0.25) is 4.79 Å². The number of allylic oxidation sites excluding steroid dienone is 2. The van der Waals surface area contributed by atoms with Crippen molar-refractivity contribution in [1.82, 2.24) is 0 Å². The van der Waals surface area contributed by atoms with Crippen LogP contribution in [-0.4, -0.2) is 14.6 Å². The predicted molar refractivity (Wildman–Crippen MR) is 102 cm³/mol. The predicted octanol–water partition coefficient (Wildman–Crippen LogP) is 5.98. The molecule has 2 aliphatic rings. The van der Waals surface area contributed by atoms with Crippen molar-refractivity contribution < 1.29 is 9.53 Å².